The quantitative estimate of drug-likeness (QED) is 0.602. The van der Waals surface area contributed by atoms with Gasteiger partial charge in [0.15, 0.2) is 0 Å². The number of hydrogen-bond acceptors (Lipinski definition) is 3. The fourth-order valence-electron chi connectivity index (χ4n) is 1.79. The molecule has 3 heteroatoms. The van der Waals surface area contributed by atoms with E-state index >= 15 is 0 Å². The first-order valence-electron chi connectivity index (χ1n) is 4.38. The van der Waals surface area contributed by atoms with Crippen LogP contribution in [0.25, 0.3) is 0 Å². The third kappa shape index (κ3) is 1.46. The Labute approximate surface area is 72.7 Å². The fraction of sp³-hybridized carbons (Fsp3) is 0.889. The first-order chi connectivity index (χ1) is 5.61. The minimum Gasteiger partial charge on any atom is -0.469 e. The molecule has 0 bridgehead atoms. The second-order valence-electron chi connectivity index (χ2n) is 3.67. The van der Waals surface area contributed by atoms with E-state index in [1.807, 2.05) is 0 Å². The molecule has 0 aromatic carbocycles. The molecule has 0 aliphatic heterocycles. The number of ether oxygens (including phenoxy) is 1. The van der Waals surface area contributed by atoms with Gasteiger partial charge >= 0.3 is 5.97 Å². The molecule has 0 spiro atoms. The number of carbonyl (C=O) groups excluding carboxylic acids is 1. The summed E-state index contributed by atoms with van der Waals surface area (Å²) >= 11 is 0. The van der Waals surface area contributed by atoms with Crippen LogP contribution in [-0.4, -0.2) is 24.3 Å². The van der Waals surface area contributed by atoms with Gasteiger partial charge in [-0.3, -0.25) is 4.79 Å². The van der Waals surface area contributed by atoms with Crippen molar-refractivity contribution in [1.29, 1.82) is 0 Å². The number of aliphatic hydroxyl groups is 1. The fourth-order valence-corrected chi connectivity index (χ4v) is 1.79. The van der Waals surface area contributed by atoms with Crippen LogP contribution in [-0.2, 0) is 9.53 Å². The van der Waals surface area contributed by atoms with Crippen LogP contribution in [0.5, 0.6) is 0 Å². The van der Waals surface area contributed by atoms with Gasteiger partial charge in [0.25, 0.3) is 0 Å². The summed E-state index contributed by atoms with van der Waals surface area (Å²) < 4.78 is 4.66. The summed E-state index contributed by atoms with van der Waals surface area (Å²) in [6.45, 7) is 1.78. The van der Waals surface area contributed by atoms with E-state index in [1.165, 1.54) is 7.11 Å². The van der Waals surface area contributed by atoms with Crippen LogP contribution in [0.2, 0.25) is 0 Å². The molecule has 1 saturated carbocycles. The van der Waals surface area contributed by atoms with Crippen molar-refractivity contribution in [2.75, 3.05) is 7.11 Å². The first-order valence-corrected chi connectivity index (χ1v) is 4.38. The van der Waals surface area contributed by atoms with Gasteiger partial charge in [0.05, 0.1) is 18.6 Å². The molecule has 0 aromatic heterocycles. The van der Waals surface area contributed by atoms with Crippen molar-refractivity contribution in [3.63, 3.8) is 0 Å². The van der Waals surface area contributed by atoms with Gasteiger partial charge in [0.1, 0.15) is 0 Å². The van der Waals surface area contributed by atoms with E-state index in [-0.39, 0.29) is 5.97 Å². The lowest BCUT2D eigenvalue weighted by molar-refractivity contribution is -0.161. The van der Waals surface area contributed by atoms with Crippen molar-refractivity contribution in [2.24, 2.45) is 5.41 Å². The van der Waals surface area contributed by atoms with Crippen molar-refractivity contribution < 1.29 is 14.6 Å². The van der Waals surface area contributed by atoms with Gasteiger partial charge in [0, 0.05) is 0 Å². The molecule has 12 heavy (non-hydrogen) atoms. The predicted molar refractivity (Wildman–Crippen MR) is 44.6 cm³/mol. The molecule has 0 saturated heterocycles. The Bertz CT molecular complexity index is 179. The lowest BCUT2D eigenvalue weighted by Crippen LogP contribution is -2.42. The van der Waals surface area contributed by atoms with E-state index in [0.29, 0.717) is 6.42 Å². The summed E-state index contributed by atoms with van der Waals surface area (Å²) in [4.78, 5) is 11.3. The Balaban J connectivity index is 2.72. The summed E-state index contributed by atoms with van der Waals surface area (Å²) in [6.07, 6.45) is 2.93. The van der Waals surface area contributed by atoms with Crippen molar-refractivity contribution in [3.05, 3.63) is 0 Å². The van der Waals surface area contributed by atoms with E-state index in [4.69, 9.17) is 0 Å². The molecule has 2 unspecified atom stereocenters. The highest BCUT2D eigenvalue weighted by Gasteiger charge is 2.42. The number of methoxy groups -OCH3 is 1. The van der Waals surface area contributed by atoms with E-state index in [1.54, 1.807) is 6.92 Å². The minimum absolute atomic E-state index is 0.283. The Morgan fingerprint density at radius 1 is 1.58 bits per heavy atom. The molecule has 2 atom stereocenters. The largest absolute Gasteiger partial charge is 0.469 e. The molecular weight excluding hydrogens is 156 g/mol. The van der Waals surface area contributed by atoms with Gasteiger partial charge in [-0.25, -0.2) is 0 Å². The normalized spacial score (nSPS) is 36.1. The number of aliphatic hydroxyl groups excluding tert-OH is 1. The molecular formula is C9H16O3. The van der Waals surface area contributed by atoms with E-state index in [2.05, 4.69) is 4.74 Å². The zero-order valence-electron chi connectivity index (χ0n) is 7.67. The smallest absolute Gasteiger partial charge is 0.314 e. The predicted octanol–water partition coefficient (Wildman–Crippen LogP) is 1.10. The third-order valence-corrected chi connectivity index (χ3v) is 2.81. The standard InChI is InChI=1S/C9H16O3/c1-9(8(11)12-2)6-4-3-5-7(9)10/h7,10H,3-6H2,1-2H3. The zero-order chi connectivity index (χ0) is 9.19. The van der Waals surface area contributed by atoms with Crippen LogP contribution in [0.1, 0.15) is 32.6 Å². The maximum absolute atomic E-state index is 11.3. The highest BCUT2D eigenvalue weighted by atomic mass is 16.5. The highest BCUT2D eigenvalue weighted by molar-refractivity contribution is 5.77. The van der Waals surface area contributed by atoms with E-state index < -0.39 is 11.5 Å². The summed E-state index contributed by atoms with van der Waals surface area (Å²) in [7, 11) is 1.37. The van der Waals surface area contributed by atoms with Gasteiger partial charge in [0.2, 0.25) is 0 Å². The second-order valence-corrected chi connectivity index (χ2v) is 3.67. The lowest BCUT2D eigenvalue weighted by atomic mass is 9.73. The lowest BCUT2D eigenvalue weighted by Gasteiger charge is -2.35. The topological polar surface area (TPSA) is 46.5 Å². The van der Waals surface area contributed by atoms with Gasteiger partial charge in [-0.15, -0.1) is 0 Å². The summed E-state index contributed by atoms with van der Waals surface area (Å²) in [5.41, 5.74) is -0.660. The van der Waals surface area contributed by atoms with Gasteiger partial charge in [-0.2, -0.15) is 0 Å². The molecule has 0 aromatic rings. The molecule has 0 radical (unpaired) electrons. The van der Waals surface area contributed by atoms with Crippen LogP contribution < -0.4 is 0 Å². The number of esters is 1. The average molecular weight is 172 g/mol. The molecule has 70 valence electrons. The Kier molecular flexibility index (Phi) is 2.73. The Hall–Kier alpha value is -0.570. The van der Waals surface area contributed by atoms with Crippen LogP contribution in [0, 0.1) is 5.41 Å². The Morgan fingerprint density at radius 2 is 2.25 bits per heavy atom. The summed E-state index contributed by atoms with van der Waals surface area (Å²) in [5, 5.41) is 9.63. The minimum atomic E-state index is -0.660. The molecule has 0 heterocycles. The monoisotopic (exact) mass is 172 g/mol. The first kappa shape index (κ1) is 9.52. The molecule has 1 rings (SSSR count). The molecule has 1 aliphatic rings. The van der Waals surface area contributed by atoms with Gasteiger partial charge in [-0.05, 0) is 19.8 Å². The molecule has 0 amide bonds. The molecule has 1 fully saturated rings. The van der Waals surface area contributed by atoms with Gasteiger partial charge in [-0.1, -0.05) is 12.8 Å². The maximum atomic E-state index is 11.3. The maximum Gasteiger partial charge on any atom is 0.314 e. The summed E-state index contributed by atoms with van der Waals surface area (Å²) in [5.74, 6) is -0.283. The number of carbonyl (C=O) groups is 1. The number of rotatable bonds is 1. The van der Waals surface area contributed by atoms with Crippen LogP contribution in [0.4, 0.5) is 0 Å². The Morgan fingerprint density at radius 3 is 2.75 bits per heavy atom. The zero-order valence-corrected chi connectivity index (χ0v) is 7.67. The molecule has 1 aliphatic carbocycles. The van der Waals surface area contributed by atoms with E-state index in [9.17, 15) is 9.90 Å². The number of hydrogen-bond donors (Lipinski definition) is 1. The van der Waals surface area contributed by atoms with Crippen LogP contribution in [0.15, 0.2) is 0 Å². The SMILES string of the molecule is COC(=O)C1(C)CCCCC1O. The average Bonchev–Trinajstić information content (AvgIpc) is 2.09. The molecule has 3 nitrogen and oxygen atoms in total. The van der Waals surface area contributed by atoms with Gasteiger partial charge < -0.3 is 9.84 Å². The third-order valence-electron chi connectivity index (χ3n) is 2.81. The van der Waals surface area contributed by atoms with Crippen molar-refractivity contribution in [1.82, 2.24) is 0 Å². The van der Waals surface area contributed by atoms with Crippen molar-refractivity contribution in [3.8, 4) is 0 Å². The molecule has 1 N–H and O–H groups in total. The van der Waals surface area contributed by atoms with Crippen molar-refractivity contribution in [2.45, 2.75) is 38.7 Å². The van der Waals surface area contributed by atoms with E-state index in [0.717, 1.165) is 19.3 Å². The second kappa shape index (κ2) is 3.44. The highest BCUT2D eigenvalue weighted by Crippen LogP contribution is 2.36. The van der Waals surface area contributed by atoms with Crippen LogP contribution in [0.3, 0.4) is 0 Å². The van der Waals surface area contributed by atoms with Crippen LogP contribution >= 0.6 is 0 Å². The van der Waals surface area contributed by atoms with Crippen molar-refractivity contribution >= 4 is 5.97 Å². The summed E-state index contributed by atoms with van der Waals surface area (Å²) in [6, 6.07) is 0.